The molecule has 2 aromatic rings. The van der Waals surface area contributed by atoms with E-state index in [0.717, 1.165) is 41.4 Å². The van der Waals surface area contributed by atoms with Gasteiger partial charge in [0.2, 0.25) is 11.0 Å². The Bertz CT molecular complexity index is 851. The zero-order valence-corrected chi connectivity index (χ0v) is 17.1. The van der Waals surface area contributed by atoms with E-state index >= 15 is 0 Å². The summed E-state index contributed by atoms with van der Waals surface area (Å²) in [6.45, 7) is 0. The molecule has 1 aromatic carbocycles. The third-order valence-corrected chi connectivity index (χ3v) is 8.22. The molecule has 148 valence electrons. The van der Waals surface area contributed by atoms with Crippen LogP contribution >= 0.6 is 23.1 Å². The van der Waals surface area contributed by atoms with Gasteiger partial charge in [0.15, 0.2) is 4.34 Å². The number of aromatic nitrogens is 2. The monoisotopic (exact) mass is 418 g/mol. The van der Waals surface area contributed by atoms with Crippen molar-refractivity contribution in [2.45, 2.75) is 48.4 Å². The third-order valence-electron chi connectivity index (χ3n) is 6.25. The van der Waals surface area contributed by atoms with Gasteiger partial charge in [0.05, 0.1) is 5.75 Å². The lowest BCUT2D eigenvalue weighted by Crippen LogP contribution is -2.60. The second-order valence-corrected chi connectivity index (χ2v) is 10.7. The van der Waals surface area contributed by atoms with Crippen LogP contribution in [0.2, 0.25) is 0 Å². The number of nitrogens with zero attached hydrogens (tertiary/aromatic N) is 2. The lowest BCUT2D eigenvalue weighted by molar-refractivity contribution is -0.124. The smallest absolute Gasteiger partial charge is 0.230 e. The molecule has 0 atom stereocenters. The van der Waals surface area contributed by atoms with Crippen LogP contribution in [0.25, 0.3) is 0 Å². The van der Waals surface area contributed by atoms with Gasteiger partial charge in [-0.15, -0.1) is 10.2 Å². The number of benzene rings is 1. The largest absolute Gasteiger partial charge is 0.350 e. The van der Waals surface area contributed by atoms with Gasteiger partial charge in [0, 0.05) is 11.2 Å². The van der Waals surface area contributed by atoms with E-state index in [4.69, 9.17) is 0 Å². The van der Waals surface area contributed by atoms with Gasteiger partial charge in [-0.25, -0.2) is 4.39 Å². The predicted molar refractivity (Wildman–Crippen MR) is 109 cm³/mol. The molecule has 4 fully saturated rings. The molecular formula is C20H23FN4OS2. The van der Waals surface area contributed by atoms with Gasteiger partial charge < -0.3 is 10.6 Å². The van der Waals surface area contributed by atoms with Gasteiger partial charge in [-0.3, -0.25) is 4.79 Å². The van der Waals surface area contributed by atoms with Crippen LogP contribution in [0.5, 0.6) is 0 Å². The van der Waals surface area contributed by atoms with E-state index in [1.807, 2.05) is 0 Å². The molecule has 6 rings (SSSR count). The molecule has 2 N–H and O–H groups in total. The van der Waals surface area contributed by atoms with Crippen molar-refractivity contribution in [1.82, 2.24) is 15.5 Å². The van der Waals surface area contributed by atoms with Crippen LogP contribution in [0, 0.1) is 23.6 Å². The quantitative estimate of drug-likeness (QED) is 0.671. The molecule has 0 saturated heterocycles. The Hall–Kier alpha value is -1.67. The first kappa shape index (κ1) is 18.4. The molecule has 4 saturated carbocycles. The molecule has 0 unspecified atom stereocenters. The molecular weight excluding hydrogens is 395 g/mol. The maximum absolute atomic E-state index is 13.3. The SMILES string of the molecule is O=C(CSc1nnc(Nc2cccc(F)c2)s1)NC12CC3CC(CC(C3)C1)C2. The van der Waals surface area contributed by atoms with E-state index in [2.05, 4.69) is 20.8 Å². The van der Waals surface area contributed by atoms with Crippen molar-refractivity contribution in [3.63, 3.8) is 0 Å². The zero-order valence-electron chi connectivity index (χ0n) is 15.5. The molecule has 0 spiro atoms. The van der Waals surface area contributed by atoms with E-state index in [1.165, 1.54) is 54.5 Å². The maximum Gasteiger partial charge on any atom is 0.230 e. The normalized spacial score (nSPS) is 30.4. The second-order valence-electron chi connectivity index (χ2n) is 8.54. The fourth-order valence-electron chi connectivity index (χ4n) is 5.73. The molecule has 1 amide bonds. The van der Waals surface area contributed by atoms with Gasteiger partial charge in [0.25, 0.3) is 0 Å². The van der Waals surface area contributed by atoms with Crippen molar-refractivity contribution in [3.8, 4) is 0 Å². The Morgan fingerprint density at radius 1 is 1.18 bits per heavy atom. The highest BCUT2D eigenvalue weighted by atomic mass is 32.2. The lowest BCUT2D eigenvalue weighted by Gasteiger charge is -2.56. The summed E-state index contributed by atoms with van der Waals surface area (Å²) >= 11 is 2.78. The fourth-order valence-corrected chi connectivity index (χ4v) is 7.30. The number of carbonyl (C=O) groups excluding carboxylic acids is 1. The Labute approximate surface area is 171 Å². The average Bonchev–Trinajstić information content (AvgIpc) is 3.06. The van der Waals surface area contributed by atoms with E-state index in [1.54, 1.807) is 12.1 Å². The molecule has 4 aliphatic rings. The second kappa shape index (κ2) is 7.30. The molecule has 28 heavy (non-hydrogen) atoms. The summed E-state index contributed by atoms with van der Waals surface area (Å²) < 4.78 is 14.0. The maximum atomic E-state index is 13.3. The Morgan fingerprint density at radius 3 is 2.57 bits per heavy atom. The van der Waals surface area contributed by atoms with Gasteiger partial charge in [-0.2, -0.15) is 0 Å². The summed E-state index contributed by atoms with van der Waals surface area (Å²) in [7, 11) is 0. The van der Waals surface area contributed by atoms with Crippen LogP contribution in [-0.2, 0) is 4.79 Å². The molecule has 1 heterocycles. The minimum absolute atomic E-state index is 0.0532. The van der Waals surface area contributed by atoms with Crippen LogP contribution in [-0.4, -0.2) is 27.4 Å². The first-order chi connectivity index (χ1) is 13.6. The van der Waals surface area contributed by atoms with Gasteiger partial charge in [-0.05, 0) is 74.5 Å². The van der Waals surface area contributed by atoms with E-state index < -0.39 is 0 Å². The van der Waals surface area contributed by atoms with Crippen LogP contribution in [0.1, 0.15) is 38.5 Å². The van der Waals surface area contributed by atoms with Gasteiger partial charge >= 0.3 is 0 Å². The molecule has 4 aliphatic carbocycles. The summed E-state index contributed by atoms with van der Waals surface area (Å²) in [6.07, 6.45) is 7.60. The molecule has 0 radical (unpaired) electrons. The summed E-state index contributed by atoms with van der Waals surface area (Å²) in [4.78, 5) is 12.6. The number of nitrogens with one attached hydrogen (secondary N) is 2. The number of hydrogen-bond donors (Lipinski definition) is 2. The molecule has 8 heteroatoms. The zero-order chi connectivity index (χ0) is 19.1. The van der Waals surface area contributed by atoms with Crippen molar-refractivity contribution in [3.05, 3.63) is 30.1 Å². The highest BCUT2D eigenvalue weighted by molar-refractivity contribution is 8.01. The predicted octanol–water partition coefficient (Wildman–Crippen LogP) is 4.60. The number of anilines is 2. The fraction of sp³-hybridized carbons (Fsp3) is 0.550. The van der Waals surface area contributed by atoms with Crippen molar-refractivity contribution in [2.24, 2.45) is 17.8 Å². The molecule has 4 bridgehead atoms. The van der Waals surface area contributed by atoms with Crippen LogP contribution < -0.4 is 10.6 Å². The Kier molecular flexibility index (Phi) is 4.79. The van der Waals surface area contributed by atoms with Crippen molar-refractivity contribution in [2.75, 3.05) is 11.1 Å². The van der Waals surface area contributed by atoms with Crippen LogP contribution in [0.3, 0.4) is 0 Å². The molecule has 5 nitrogen and oxygen atoms in total. The molecule has 0 aliphatic heterocycles. The highest BCUT2D eigenvalue weighted by Crippen LogP contribution is 2.55. The van der Waals surface area contributed by atoms with E-state index in [9.17, 15) is 9.18 Å². The first-order valence-corrected chi connectivity index (χ1v) is 11.7. The standard InChI is InChI=1S/C20H23FN4OS2/c21-15-2-1-3-16(7-15)22-18-24-25-19(28-18)27-11-17(26)23-20-8-12-4-13(9-20)6-14(5-12)10-20/h1-3,7,12-14H,4-6,8-11H2,(H,22,24)(H,23,26). The number of rotatable bonds is 6. The number of halogens is 1. The minimum atomic E-state index is -0.300. The number of hydrogen-bond acceptors (Lipinski definition) is 6. The van der Waals surface area contributed by atoms with Crippen LogP contribution in [0.4, 0.5) is 15.2 Å². The van der Waals surface area contributed by atoms with Crippen molar-refractivity contribution in [1.29, 1.82) is 0 Å². The Morgan fingerprint density at radius 2 is 1.89 bits per heavy atom. The van der Waals surface area contributed by atoms with Crippen molar-refractivity contribution >= 4 is 39.8 Å². The van der Waals surface area contributed by atoms with Crippen molar-refractivity contribution < 1.29 is 9.18 Å². The summed E-state index contributed by atoms with van der Waals surface area (Å²) in [5.74, 6) is 2.61. The van der Waals surface area contributed by atoms with E-state index in [0.29, 0.717) is 16.6 Å². The molecule has 1 aromatic heterocycles. The number of thioether (sulfide) groups is 1. The van der Waals surface area contributed by atoms with Gasteiger partial charge in [0.1, 0.15) is 5.82 Å². The summed E-state index contributed by atoms with van der Waals surface area (Å²) in [5, 5.41) is 15.2. The lowest BCUT2D eigenvalue weighted by atomic mass is 9.53. The summed E-state index contributed by atoms with van der Waals surface area (Å²) in [6, 6.07) is 6.22. The topological polar surface area (TPSA) is 66.9 Å². The van der Waals surface area contributed by atoms with Gasteiger partial charge in [-0.1, -0.05) is 29.2 Å². The minimum Gasteiger partial charge on any atom is -0.350 e. The summed E-state index contributed by atoms with van der Waals surface area (Å²) in [5.41, 5.74) is 0.685. The third kappa shape index (κ3) is 3.89. The van der Waals surface area contributed by atoms with Crippen LogP contribution in [0.15, 0.2) is 28.6 Å². The highest BCUT2D eigenvalue weighted by Gasteiger charge is 2.51. The van der Waals surface area contributed by atoms with E-state index in [-0.39, 0.29) is 17.3 Å². The first-order valence-electron chi connectivity index (χ1n) is 9.85. The average molecular weight is 419 g/mol. The number of amides is 1. The Balaban J connectivity index is 1.15. The number of carbonyl (C=O) groups is 1.